The van der Waals surface area contributed by atoms with Gasteiger partial charge in [0.25, 0.3) is 0 Å². The number of likely N-dealkylation sites (tertiary alicyclic amines) is 1. The second-order valence-corrected chi connectivity index (χ2v) is 7.29. The normalized spacial score (nSPS) is 21.0. The number of ether oxygens (including phenoxy) is 2. The van der Waals surface area contributed by atoms with Gasteiger partial charge in [-0.05, 0) is 61.1 Å². The minimum absolute atomic E-state index is 0.762. The number of benzene rings is 2. The highest BCUT2D eigenvalue weighted by molar-refractivity contribution is 5.35. The Kier molecular flexibility index (Phi) is 6.35. The first-order chi connectivity index (χ1) is 12.2. The van der Waals surface area contributed by atoms with Crippen LogP contribution in [0.15, 0.2) is 54.6 Å². The summed E-state index contributed by atoms with van der Waals surface area (Å²) in [5.74, 6) is 4.22. The molecule has 2 aromatic rings. The molecule has 0 spiro atoms. The number of hydrogen-bond acceptors (Lipinski definition) is 3. The summed E-state index contributed by atoms with van der Waals surface area (Å²) in [6.07, 6.45) is 2.44. The van der Waals surface area contributed by atoms with E-state index in [1.165, 1.54) is 19.5 Å². The lowest BCUT2D eigenvalue weighted by molar-refractivity contribution is 0.132. The Morgan fingerprint density at radius 3 is 2.12 bits per heavy atom. The molecule has 1 aliphatic rings. The molecule has 1 fully saturated rings. The van der Waals surface area contributed by atoms with Crippen LogP contribution >= 0.6 is 0 Å². The maximum absolute atomic E-state index is 5.87. The van der Waals surface area contributed by atoms with Crippen molar-refractivity contribution in [1.82, 2.24) is 4.90 Å². The summed E-state index contributed by atoms with van der Waals surface area (Å²) >= 11 is 0. The molecule has 3 nitrogen and oxygen atoms in total. The highest BCUT2D eigenvalue weighted by Gasteiger charge is 2.20. The first-order valence-electron chi connectivity index (χ1n) is 9.37. The third-order valence-electron chi connectivity index (χ3n) is 4.63. The van der Waals surface area contributed by atoms with Crippen LogP contribution in [-0.4, -0.2) is 31.1 Å². The highest BCUT2D eigenvalue weighted by Crippen LogP contribution is 2.24. The summed E-state index contributed by atoms with van der Waals surface area (Å²) in [6.45, 7) is 9.07. The van der Waals surface area contributed by atoms with Crippen LogP contribution in [0.2, 0.25) is 0 Å². The molecule has 0 bridgehead atoms. The van der Waals surface area contributed by atoms with Gasteiger partial charge in [0.2, 0.25) is 0 Å². The Morgan fingerprint density at radius 2 is 1.44 bits per heavy atom. The van der Waals surface area contributed by atoms with Gasteiger partial charge in [0.15, 0.2) is 0 Å². The van der Waals surface area contributed by atoms with Gasteiger partial charge in [0.1, 0.15) is 17.2 Å². The molecule has 3 rings (SSSR count). The molecule has 0 N–H and O–H groups in total. The number of hydrogen-bond donors (Lipinski definition) is 0. The van der Waals surface area contributed by atoms with Crippen molar-refractivity contribution < 1.29 is 9.47 Å². The van der Waals surface area contributed by atoms with Crippen molar-refractivity contribution in [1.29, 1.82) is 0 Å². The van der Waals surface area contributed by atoms with E-state index >= 15 is 0 Å². The van der Waals surface area contributed by atoms with Crippen LogP contribution in [0.4, 0.5) is 0 Å². The summed E-state index contributed by atoms with van der Waals surface area (Å²) in [5.41, 5.74) is 0. The van der Waals surface area contributed by atoms with Gasteiger partial charge in [-0.2, -0.15) is 0 Å². The van der Waals surface area contributed by atoms with E-state index in [1.807, 2.05) is 54.6 Å². The number of piperidine rings is 1. The Labute approximate surface area is 151 Å². The fraction of sp³-hybridized carbons (Fsp3) is 0.455. The van der Waals surface area contributed by atoms with E-state index in [9.17, 15) is 0 Å². The van der Waals surface area contributed by atoms with Crippen molar-refractivity contribution in [3.8, 4) is 17.2 Å². The molecule has 25 heavy (non-hydrogen) atoms. The van der Waals surface area contributed by atoms with Gasteiger partial charge in [0, 0.05) is 19.6 Å². The van der Waals surface area contributed by atoms with Gasteiger partial charge in [-0.3, -0.25) is 0 Å². The van der Waals surface area contributed by atoms with E-state index in [4.69, 9.17) is 9.47 Å². The summed E-state index contributed by atoms with van der Waals surface area (Å²) in [7, 11) is 0. The Bertz CT molecular complexity index is 616. The van der Waals surface area contributed by atoms with E-state index < -0.39 is 0 Å². The lowest BCUT2D eigenvalue weighted by Crippen LogP contribution is -2.39. The van der Waals surface area contributed by atoms with E-state index in [2.05, 4.69) is 18.7 Å². The first-order valence-corrected chi connectivity index (χ1v) is 9.37. The number of para-hydroxylation sites is 1. The van der Waals surface area contributed by atoms with Gasteiger partial charge < -0.3 is 14.4 Å². The largest absolute Gasteiger partial charge is 0.494 e. The molecular formula is C22H29NO2. The van der Waals surface area contributed by atoms with Crippen molar-refractivity contribution in [3.63, 3.8) is 0 Å². The monoisotopic (exact) mass is 339 g/mol. The molecular weight excluding hydrogens is 310 g/mol. The lowest BCUT2D eigenvalue weighted by atomic mass is 9.92. The van der Waals surface area contributed by atoms with Crippen molar-refractivity contribution in [2.45, 2.75) is 26.7 Å². The van der Waals surface area contributed by atoms with Crippen LogP contribution in [0.1, 0.15) is 26.7 Å². The number of rotatable bonds is 7. The second kappa shape index (κ2) is 8.91. The standard InChI is InChI=1S/C22H29NO2/c1-18-15-19(2)17-23(16-18)13-6-14-24-20-9-11-22(12-10-20)25-21-7-4-3-5-8-21/h3-5,7-12,18-19H,6,13-17H2,1-2H3/t18-,19-/m0/s1. The smallest absolute Gasteiger partial charge is 0.127 e. The topological polar surface area (TPSA) is 21.7 Å². The molecule has 134 valence electrons. The third-order valence-corrected chi connectivity index (χ3v) is 4.63. The molecule has 0 aliphatic carbocycles. The van der Waals surface area contributed by atoms with E-state index in [0.29, 0.717) is 0 Å². The summed E-state index contributed by atoms with van der Waals surface area (Å²) in [6, 6.07) is 17.7. The average Bonchev–Trinajstić information content (AvgIpc) is 2.60. The Morgan fingerprint density at radius 1 is 0.840 bits per heavy atom. The summed E-state index contributed by atoms with van der Waals surface area (Å²) in [4.78, 5) is 2.58. The zero-order valence-corrected chi connectivity index (χ0v) is 15.4. The van der Waals surface area contributed by atoms with Gasteiger partial charge in [-0.25, -0.2) is 0 Å². The van der Waals surface area contributed by atoms with E-state index in [0.717, 1.165) is 48.7 Å². The van der Waals surface area contributed by atoms with Crippen LogP contribution in [-0.2, 0) is 0 Å². The Hall–Kier alpha value is -2.00. The van der Waals surface area contributed by atoms with Crippen LogP contribution in [0, 0.1) is 11.8 Å². The Balaban J connectivity index is 1.38. The van der Waals surface area contributed by atoms with Crippen molar-refractivity contribution in [2.75, 3.05) is 26.2 Å². The van der Waals surface area contributed by atoms with Gasteiger partial charge in [0.05, 0.1) is 6.61 Å². The zero-order valence-electron chi connectivity index (χ0n) is 15.4. The SMILES string of the molecule is C[C@H]1C[C@H](C)CN(CCCOc2ccc(Oc3ccccc3)cc2)C1. The lowest BCUT2D eigenvalue weighted by Gasteiger charge is -2.34. The highest BCUT2D eigenvalue weighted by atomic mass is 16.5. The maximum atomic E-state index is 5.87. The average molecular weight is 339 g/mol. The van der Waals surface area contributed by atoms with Gasteiger partial charge >= 0.3 is 0 Å². The molecule has 1 saturated heterocycles. The number of nitrogens with zero attached hydrogens (tertiary/aromatic N) is 1. The van der Waals surface area contributed by atoms with Gasteiger partial charge in [-0.15, -0.1) is 0 Å². The van der Waals surface area contributed by atoms with E-state index in [1.54, 1.807) is 0 Å². The summed E-state index contributed by atoms with van der Waals surface area (Å²) in [5, 5.41) is 0. The molecule has 0 amide bonds. The molecule has 0 aromatic heterocycles. The second-order valence-electron chi connectivity index (χ2n) is 7.29. The molecule has 2 atom stereocenters. The zero-order chi connectivity index (χ0) is 17.5. The fourth-order valence-electron chi connectivity index (χ4n) is 3.68. The van der Waals surface area contributed by atoms with Crippen LogP contribution in [0.25, 0.3) is 0 Å². The van der Waals surface area contributed by atoms with Crippen LogP contribution in [0.3, 0.4) is 0 Å². The summed E-state index contributed by atoms with van der Waals surface area (Å²) < 4.78 is 11.7. The minimum Gasteiger partial charge on any atom is -0.494 e. The third kappa shape index (κ3) is 5.79. The minimum atomic E-state index is 0.762. The quantitative estimate of drug-likeness (QED) is 0.645. The maximum Gasteiger partial charge on any atom is 0.127 e. The molecule has 0 saturated carbocycles. The van der Waals surface area contributed by atoms with Gasteiger partial charge in [-0.1, -0.05) is 32.0 Å². The fourth-order valence-corrected chi connectivity index (χ4v) is 3.68. The molecule has 0 unspecified atom stereocenters. The van der Waals surface area contributed by atoms with E-state index in [-0.39, 0.29) is 0 Å². The van der Waals surface area contributed by atoms with Crippen molar-refractivity contribution in [2.24, 2.45) is 11.8 Å². The molecule has 2 aromatic carbocycles. The molecule has 1 heterocycles. The predicted octanol–water partition coefficient (Wildman–Crippen LogP) is 5.23. The molecule has 1 aliphatic heterocycles. The molecule has 0 radical (unpaired) electrons. The first kappa shape index (κ1) is 17.8. The van der Waals surface area contributed by atoms with Crippen molar-refractivity contribution in [3.05, 3.63) is 54.6 Å². The molecule has 3 heteroatoms. The van der Waals surface area contributed by atoms with Crippen LogP contribution < -0.4 is 9.47 Å². The van der Waals surface area contributed by atoms with Crippen molar-refractivity contribution >= 4 is 0 Å². The van der Waals surface area contributed by atoms with Crippen LogP contribution in [0.5, 0.6) is 17.2 Å². The predicted molar refractivity (Wildman–Crippen MR) is 102 cm³/mol.